The molecule has 5 nitrogen and oxygen atoms in total. The number of hydrogen-bond donors (Lipinski definition) is 2. The Morgan fingerprint density at radius 3 is 2.43 bits per heavy atom. The van der Waals surface area contributed by atoms with Crippen molar-refractivity contribution in [3.05, 3.63) is 0 Å². The minimum atomic E-state index is -0.0853. The number of nitrogens with two attached hydrogens (primary N) is 1. The number of likely N-dealkylation sites (tertiary alicyclic amines) is 1. The molecule has 0 bridgehead atoms. The molecule has 0 amide bonds. The van der Waals surface area contributed by atoms with Crippen LogP contribution in [0.2, 0.25) is 0 Å². The van der Waals surface area contributed by atoms with Crippen LogP contribution >= 0.6 is 0 Å². The molecule has 0 aromatic rings. The van der Waals surface area contributed by atoms with Crippen molar-refractivity contribution in [2.75, 3.05) is 32.9 Å². The van der Waals surface area contributed by atoms with Gasteiger partial charge in [0.25, 0.3) is 0 Å². The van der Waals surface area contributed by atoms with Crippen LogP contribution in [0, 0.1) is 10.8 Å². The van der Waals surface area contributed by atoms with Crippen LogP contribution in [-0.2, 0) is 9.47 Å². The molecule has 1 spiro atoms. The maximum absolute atomic E-state index is 7.78. The number of amidine groups is 1. The summed E-state index contributed by atoms with van der Waals surface area (Å²) < 4.78 is 11.6. The average molecular weight is 295 g/mol. The van der Waals surface area contributed by atoms with Crippen molar-refractivity contribution in [2.45, 2.75) is 57.1 Å². The predicted octanol–water partition coefficient (Wildman–Crippen LogP) is 1.75. The first-order valence-electron chi connectivity index (χ1n) is 8.33. The van der Waals surface area contributed by atoms with Gasteiger partial charge in [-0.15, -0.1) is 0 Å². The van der Waals surface area contributed by atoms with E-state index in [0.717, 1.165) is 71.4 Å². The van der Waals surface area contributed by atoms with E-state index in [1.165, 1.54) is 0 Å². The molecule has 21 heavy (non-hydrogen) atoms. The van der Waals surface area contributed by atoms with Crippen molar-refractivity contribution in [2.24, 2.45) is 11.1 Å². The molecule has 3 aliphatic rings. The van der Waals surface area contributed by atoms with Gasteiger partial charge in [-0.1, -0.05) is 6.92 Å². The highest BCUT2D eigenvalue weighted by Gasteiger charge is 2.42. The van der Waals surface area contributed by atoms with Crippen molar-refractivity contribution in [1.82, 2.24) is 4.90 Å². The van der Waals surface area contributed by atoms with Gasteiger partial charge in [-0.05, 0) is 51.6 Å². The molecule has 5 heteroatoms. The summed E-state index contributed by atoms with van der Waals surface area (Å²) in [5.74, 6) is 0.357. The lowest BCUT2D eigenvalue weighted by molar-refractivity contribution is -0.153. The standard InChI is InChI=1S/C16H29N3O2/c1-15(14(17)18)3-7-19(8-4-15)13-2-9-21-16(12-13)5-10-20-11-6-16/h13H,2-12H2,1H3,(H3,17,18). The first-order valence-corrected chi connectivity index (χ1v) is 8.33. The van der Waals surface area contributed by atoms with Crippen LogP contribution < -0.4 is 5.73 Å². The van der Waals surface area contributed by atoms with Crippen LogP contribution in [0.25, 0.3) is 0 Å². The number of nitrogens with one attached hydrogen (secondary N) is 1. The topological polar surface area (TPSA) is 71.6 Å². The minimum absolute atomic E-state index is 0.0719. The molecule has 3 fully saturated rings. The van der Waals surface area contributed by atoms with E-state index >= 15 is 0 Å². The molecule has 0 radical (unpaired) electrons. The summed E-state index contributed by atoms with van der Waals surface area (Å²) in [6, 6.07) is 0.633. The number of rotatable bonds is 2. The summed E-state index contributed by atoms with van der Waals surface area (Å²) in [6.45, 7) is 6.83. The van der Waals surface area contributed by atoms with E-state index in [1.54, 1.807) is 0 Å². The summed E-state index contributed by atoms with van der Waals surface area (Å²) in [6.07, 6.45) is 6.39. The summed E-state index contributed by atoms with van der Waals surface area (Å²) in [5, 5.41) is 7.78. The highest BCUT2D eigenvalue weighted by atomic mass is 16.5. The Balaban J connectivity index is 1.59. The molecule has 1 unspecified atom stereocenters. The quantitative estimate of drug-likeness (QED) is 0.601. The van der Waals surface area contributed by atoms with E-state index in [9.17, 15) is 0 Å². The number of piperidine rings is 1. The molecule has 3 rings (SSSR count). The van der Waals surface area contributed by atoms with Gasteiger partial charge in [0.1, 0.15) is 0 Å². The second-order valence-electron chi connectivity index (χ2n) is 7.30. The van der Waals surface area contributed by atoms with E-state index in [0.29, 0.717) is 11.9 Å². The zero-order valence-corrected chi connectivity index (χ0v) is 13.2. The molecule has 3 heterocycles. The van der Waals surface area contributed by atoms with E-state index < -0.39 is 0 Å². The van der Waals surface area contributed by atoms with Crippen molar-refractivity contribution >= 4 is 5.84 Å². The Morgan fingerprint density at radius 1 is 1.14 bits per heavy atom. The molecule has 0 aliphatic carbocycles. The average Bonchev–Trinajstić information content (AvgIpc) is 2.49. The van der Waals surface area contributed by atoms with Crippen LogP contribution in [0.4, 0.5) is 0 Å². The molecular formula is C16H29N3O2. The molecular weight excluding hydrogens is 266 g/mol. The van der Waals surface area contributed by atoms with Gasteiger partial charge < -0.3 is 20.1 Å². The first kappa shape index (κ1) is 15.3. The number of hydrogen-bond acceptors (Lipinski definition) is 4. The van der Waals surface area contributed by atoms with Crippen LogP contribution in [0.3, 0.4) is 0 Å². The molecule has 3 N–H and O–H groups in total. The van der Waals surface area contributed by atoms with Crippen molar-refractivity contribution in [3.8, 4) is 0 Å². The summed E-state index contributed by atoms with van der Waals surface area (Å²) in [4.78, 5) is 2.62. The fourth-order valence-electron chi connectivity index (χ4n) is 4.06. The van der Waals surface area contributed by atoms with Gasteiger partial charge in [0, 0.05) is 31.3 Å². The highest BCUT2D eigenvalue weighted by molar-refractivity contribution is 5.83. The zero-order chi connectivity index (χ0) is 14.9. The number of nitrogens with zero attached hydrogens (tertiary/aromatic N) is 1. The molecule has 3 saturated heterocycles. The minimum Gasteiger partial charge on any atom is -0.387 e. The second kappa shape index (κ2) is 5.86. The van der Waals surface area contributed by atoms with Crippen molar-refractivity contribution in [3.63, 3.8) is 0 Å². The maximum Gasteiger partial charge on any atom is 0.0966 e. The maximum atomic E-state index is 7.78. The van der Waals surface area contributed by atoms with Crippen LogP contribution in [0.1, 0.15) is 45.4 Å². The second-order valence-corrected chi connectivity index (χ2v) is 7.30. The molecule has 120 valence electrons. The van der Waals surface area contributed by atoms with E-state index in [1.807, 2.05) is 0 Å². The van der Waals surface area contributed by atoms with Gasteiger partial charge in [-0.3, -0.25) is 5.41 Å². The van der Waals surface area contributed by atoms with Gasteiger partial charge in [-0.2, -0.15) is 0 Å². The van der Waals surface area contributed by atoms with Gasteiger partial charge in [-0.25, -0.2) is 0 Å². The zero-order valence-electron chi connectivity index (χ0n) is 13.2. The monoisotopic (exact) mass is 295 g/mol. The third-order valence-electron chi connectivity index (χ3n) is 5.94. The molecule has 0 saturated carbocycles. The Bertz CT molecular complexity index is 379. The first-order chi connectivity index (χ1) is 10.0. The van der Waals surface area contributed by atoms with Crippen LogP contribution in [0.5, 0.6) is 0 Å². The molecule has 0 aromatic heterocycles. The van der Waals surface area contributed by atoms with Gasteiger partial charge >= 0.3 is 0 Å². The van der Waals surface area contributed by atoms with E-state index in [2.05, 4.69) is 11.8 Å². The number of ether oxygens (including phenoxy) is 2. The third-order valence-corrected chi connectivity index (χ3v) is 5.94. The Kier molecular flexibility index (Phi) is 4.26. The third kappa shape index (κ3) is 3.10. The fourth-order valence-corrected chi connectivity index (χ4v) is 4.06. The van der Waals surface area contributed by atoms with Crippen LogP contribution in [-0.4, -0.2) is 55.3 Å². The van der Waals surface area contributed by atoms with Crippen LogP contribution in [0.15, 0.2) is 0 Å². The van der Waals surface area contributed by atoms with Gasteiger partial charge in [0.05, 0.1) is 11.4 Å². The van der Waals surface area contributed by atoms with Gasteiger partial charge in [0.2, 0.25) is 0 Å². The predicted molar refractivity (Wildman–Crippen MR) is 82.6 cm³/mol. The smallest absolute Gasteiger partial charge is 0.0966 e. The van der Waals surface area contributed by atoms with Gasteiger partial charge in [0.15, 0.2) is 0 Å². The summed E-state index contributed by atoms with van der Waals surface area (Å²) >= 11 is 0. The fraction of sp³-hybridized carbons (Fsp3) is 0.938. The normalized spacial score (nSPS) is 32.9. The summed E-state index contributed by atoms with van der Waals surface area (Å²) in [7, 11) is 0. The van der Waals surface area contributed by atoms with Crippen molar-refractivity contribution in [1.29, 1.82) is 5.41 Å². The SMILES string of the molecule is CC1(C(=N)N)CCN(C2CCOC3(CCOCC3)C2)CC1. The molecule has 1 atom stereocenters. The Morgan fingerprint density at radius 2 is 1.81 bits per heavy atom. The largest absolute Gasteiger partial charge is 0.387 e. The molecule has 3 aliphatic heterocycles. The highest BCUT2D eigenvalue weighted by Crippen LogP contribution is 2.38. The summed E-state index contributed by atoms with van der Waals surface area (Å²) in [5.41, 5.74) is 5.75. The Hall–Kier alpha value is -0.650. The lowest BCUT2D eigenvalue weighted by Crippen LogP contribution is -2.54. The van der Waals surface area contributed by atoms with E-state index in [4.69, 9.17) is 20.6 Å². The lowest BCUT2D eigenvalue weighted by atomic mass is 9.77. The van der Waals surface area contributed by atoms with E-state index in [-0.39, 0.29) is 11.0 Å². The molecule has 0 aromatic carbocycles. The van der Waals surface area contributed by atoms with Crippen molar-refractivity contribution < 1.29 is 9.47 Å². The Labute approximate surface area is 127 Å². The lowest BCUT2D eigenvalue weighted by Gasteiger charge is -2.49.